The van der Waals surface area contributed by atoms with Gasteiger partial charge in [-0.2, -0.15) is 0 Å². The van der Waals surface area contributed by atoms with Gasteiger partial charge in [-0.05, 0) is 59.3 Å². The number of benzene rings is 1. The highest BCUT2D eigenvalue weighted by Gasteiger charge is 2.14. The van der Waals surface area contributed by atoms with Gasteiger partial charge < -0.3 is 24.9 Å². The van der Waals surface area contributed by atoms with Crippen LogP contribution in [0.1, 0.15) is 17.5 Å². The van der Waals surface area contributed by atoms with Crippen LogP contribution in [0.2, 0.25) is 0 Å². The van der Waals surface area contributed by atoms with Crippen LogP contribution in [0.25, 0.3) is 0 Å². The number of ether oxygens (including phenoxy) is 1. The van der Waals surface area contributed by atoms with Gasteiger partial charge in [0, 0.05) is 13.1 Å². The Morgan fingerprint density at radius 1 is 1.17 bits per heavy atom. The van der Waals surface area contributed by atoms with E-state index in [0.29, 0.717) is 10.4 Å². The molecule has 2 aromatic rings. The Bertz CT molecular complexity index is 699. The average molecular weight is 397 g/mol. The van der Waals surface area contributed by atoms with Gasteiger partial charge in [0.15, 0.2) is 16.5 Å². The molecule has 2 amide bonds. The van der Waals surface area contributed by atoms with E-state index >= 15 is 0 Å². The van der Waals surface area contributed by atoms with Crippen LogP contribution in [-0.2, 0) is 4.79 Å². The van der Waals surface area contributed by atoms with Crippen molar-refractivity contribution in [3.8, 4) is 11.5 Å². The summed E-state index contributed by atoms with van der Waals surface area (Å²) in [6.45, 7) is 2.13. The van der Waals surface area contributed by atoms with Crippen LogP contribution in [0.4, 0.5) is 0 Å². The minimum atomic E-state index is -0.703. The third kappa shape index (κ3) is 5.31. The Labute approximate surface area is 147 Å². The van der Waals surface area contributed by atoms with E-state index in [4.69, 9.17) is 9.15 Å². The molecule has 7 nitrogen and oxygen atoms in total. The summed E-state index contributed by atoms with van der Waals surface area (Å²) in [4.78, 5) is 23.6. The van der Waals surface area contributed by atoms with Crippen molar-refractivity contribution in [1.82, 2.24) is 10.6 Å². The maximum absolute atomic E-state index is 11.9. The SMILES string of the molecule is CC(Oc1ccc(O)cc1)C(=O)NCCNC(=O)c1ccc(Br)o1. The van der Waals surface area contributed by atoms with E-state index in [0.717, 1.165) is 0 Å². The molecule has 0 aliphatic carbocycles. The van der Waals surface area contributed by atoms with Crippen LogP contribution >= 0.6 is 15.9 Å². The Morgan fingerprint density at radius 2 is 1.83 bits per heavy atom. The summed E-state index contributed by atoms with van der Waals surface area (Å²) in [5.41, 5.74) is 0. The number of phenols is 1. The molecule has 1 aromatic carbocycles. The number of nitrogens with one attached hydrogen (secondary N) is 2. The molecule has 128 valence electrons. The van der Waals surface area contributed by atoms with Crippen LogP contribution < -0.4 is 15.4 Å². The van der Waals surface area contributed by atoms with Crippen molar-refractivity contribution in [1.29, 1.82) is 0 Å². The van der Waals surface area contributed by atoms with E-state index in [1.165, 1.54) is 12.1 Å². The second-order valence-electron chi connectivity index (χ2n) is 4.90. The number of phenolic OH excluding ortho intramolecular Hbond substituents is 1. The molecule has 0 radical (unpaired) electrons. The van der Waals surface area contributed by atoms with Gasteiger partial charge in [-0.1, -0.05) is 0 Å². The summed E-state index contributed by atoms with van der Waals surface area (Å²) in [5, 5.41) is 14.5. The summed E-state index contributed by atoms with van der Waals surface area (Å²) in [6.07, 6.45) is -0.703. The van der Waals surface area contributed by atoms with Crippen molar-refractivity contribution < 1.29 is 23.8 Å². The number of amides is 2. The Hall–Kier alpha value is -2.48. The van der Waals surface area contributed by atoms with E-state index in [-0.39, 0.29) is 36.4 Å². The average Bonchev–Trinajstić information content (AvgIpc) is 3.00. The molecule has 1 aromatic heterocycles. The Kier molecular flexibility index (Phi) is 6.25. The third-order valence-electron chi connectivity index (χ3n) is 3.03. The van der Waals surface area contributed by atoms with Gasteiger partial charge >= 0.3 is 0 Å². The predicted octanol–water partition coefficient (Wildman–Crippen LogP) is 2.06. The van der Waals surface area contributed by atoms with Gasteiger partial charge in [-0.25, -0.2) is 0 Å². The fourth-order valence-corrected chi connectivity index (χ4v) is 2.12. The lowest BCUT2D eigenvalue weighted by Gasteiger charge is -2.14. The standard InChI is InChI=1S/C16H17BrN2O5/c1-10(23-12-4-2-11(20)3-5-12)15(21)18-8-9-19-16(22)13-6-7-14(17)24-13/h2-7,10,20H,8-9H2,1H3,(H,18,21)(H,19,22). The molecule has 0 aliphatic heterocycles. The van der Waals surface area contributed by atoms with Gasteiger partial charge in [0.1, 0.15) is 11.5 Å². The number of carbonyl (C=O) groups excluding carboxylic acids is 2. The van der Waals surface area contributed by atoms with Gasteiger partial charge in [0.2, 0.25) is 0 Å². The highest BCUT2D eigenvalue weighted by Crippen LogP contribution is 2.17. The normalized spacial score (nSPS) is 11.6. The summed E-state index contributed by atoms with van der Waals surface area (Å²) < 4.78 is 11.0. The molecule has 0 bridgehead atoms. The zero-order valence-corrected chi connectivity index (χ0v) is 14.5. The number of hydrogen-bond acceptors (Lipinski definition) is 5. The zero-order chi connectivity index (χ0) is 17.5. The lowest BCUT2D eigenvalue weighted by atomic mass is 10.3. The van der Waals surface area contributed by atoms with Crippen molar-refractivity contribution in [3.63, 3.8) is 0 Å². The molecule has 0 saturated heterocycles. The molecular weight excluding hydrogens is 380 g/mol. The minimum absolute atomic E-state index is 0.124. The maximum Gasteiger partial charge on any atom is 0.287 e. The fraction of sp³-hybridized carbons (Fsp3) is 0.250. The molecule has 1 heterocycles. The first-order valence-corrected chi connectivity index (χ1v) is 8.02. The zero-order valence-electron chi connectivity index (χ0n) is 12.9. The number of halogens is 1. The van der Waals surface area contributed by atoms with Crippen LogP contribution in [0.5, 0.6) is 11.5 Å². The van der Waals surface area contributed by atoms with Crippen LogP contribution in [0.3, 0.4) is 0 Å². The predicted molar refractivity (Wildman–Crippen MR) is 89.9 cm³/mol. The van der Waals surface area contributed by atoms with Crippen molar-refractivity contribution in [2.45, 2.75) is 13.0 Å². The second-order valence-corrected chi connectivity index (χ2v) is 5.69. The third-order valence-corrected chi connectivity index (χ3v) is 3.45. The first-order valence-electron chi connectivity index (χ1n) is 7.22. The van der Waals surface area contributed by atoms with E-state index in [9.17, 15) is 14.7 Å². The lowest BCUT2D eigenvalue weighted by molar-refractivity contribution is -0.127. The molecular formula is C16H17BrN2O5. The Morgan fingerprint density at radius 3 is 2.46 bits per heavy atom. The first-order chi connectivity index (χ1) is 11.5. The molecule has 1 unspecified atom stereocenters. The molecule has 0 saturated carbocycles. The van der Waals surface area contributed by atoms with Crippen LogP contribution in [0, 0.1) is 0 Å². The topological polar surface area (TPSA) is 101 Å². The number of aromatic hydroxyl groups is 1. The molecule has 0 aliphatic rings. The highest BCUT2D eigenvalue weighted by atomic mass is 79.9. The maximum atomic E-state index is 11.9. The molecule has 1 atom stereocenters. The van der Waals surface area contributed by atoms with Crippen LogP contribution in [-0.4, -0.2) is 36.1 Å². The van der Waals surface area contributed by atoms with Gasteiger partial charge in [0.05, 0.1) is 0 Å². The van der Waals surface area contributed by atoms with E-state index in [1.54, 1.807) is 31.2 Å². The number of furan rings is 1. The van der Waals surface area contributed by atoms with Crippen molar-refractivity contribution in [2.24, 2.45) is 0 Å². The summed E-state index contributed by atoms with van der Waals surface area (Å²) in [6, 6.07) is 9.26. The molecule has 8 heteroatoms. The van der Waals surface area contributed by atoms with Crippen molar-refractivity contribution in [2.75, 3.05) is 13.1 Å². The monoisotopic (exact) mass is 396 g/mol. The highest BCUT2D eigenvalue weighted by molar-refractivity contribution is 9.10. The fourth-order valence-electron chi connectivity index (χ4n) is 1.81. The lowest BCUT2D eigenvalue weighted by Crippen LogP contribution is -2.40. The minimum Gasteiger partial charge on any atom is -0.508 e. The summed E-state index contributed by atoms with van der Waals surface area (Å²) in [7, 11) is 0. The molecule has 0 spiro atoms. The van der Waals surface area contributed by atoms with Gasteiger partial charge in [-0.3, -0.25) is 9.59 Å². The van der Waals surface area contributed by atoms with Crippen molar-refractivity contribution in [3.05, 3.63) is 46.8 Å². The molecule has 2 rings (SSSR count). The second kappa shape index (κ2) is 8.39. The van der Waals surface area contributed by atoms with E-state index in [1.807, 2.05) is 0 Å². The van der Waals surface area contributed by atoms with Gasteiger partial charge in [0.25, 0.3) is 11.8 Å². The summed E-state index contributed by atoms with van der Waals surface area (Å²) in [5.74, 6) is 0.129. The molecule has 0 fully saturated rings. The number of carbonyl (C=O) groups is 2. The van der Waals surface area contributed by atoms with E-state index < -0.39 is 6.10 Å². The number of hydrogen-bond donors (Lipinski definition) is 3. The largest absolute Gasteiger partial charge is 0.508 e. The first kappa shape index (κ1) is 17.9. The smallest absolute Gasteiger partial charge is 0.287 e. The van der Waals surface area contributed by atoms with Crippen molar-refractivity contribution >= 4 is 27.7 Å². The summed E-state index contributed by atoms with van der Waals surface area (Å²) >= 11 is 3.12. The van der Waals surface area contributed by atoms with Crippen LogP contribution in [0.15, 0.2) is 45.5 Å². The molecule has 3 N–H and O–H groups in total. The van der Waals surface area contributed by atoms with E-state index in [2.05, 4.69) is 26.6 Å². The quantitative estimate of drug-likeness (QED) is 0.621. The molecule has 24 heavy (non-hydrogen) atoms. The Balaban J connectivity index is 1.68. The number of rotatable bonds is 7. The van der Waals surface area contributed by atoms with Gasteiger partial charge in [-0.15, -0.1) is 0 Å².